The highest BCUT2D eigenvalue weighted by molar-refractivity contribution is 5.86. The van der Waals surface area contributed by atoms with Gasteiger partial charge in [-0.1, -0.05) is 34.6 Å². The van der Waals surface area contributed by atoms with Gasteiger partial charge in [0, 0.05) is 11.8 Å². The molecule has 12 heavy (non-hydrogen) atoms. The van der Waals surface area contributed by atoms with E-state index in [0.717, 1.165) is 12.8 Å². The molecule has 1 heteroatoms. The summed E-state index contributed by atoms with van der Waals surface area (Å²) in [5.74, 6) is 1.000. The monoisotopic (exact) mass is 168 g/mol. The van der Waals surface area contributed by atoms with Crippen molar-refractivity contribution in [3.8, 4) is 0 Å². The van der Waals surface area contributed by atoms with Crippen LogP contribution in [0.25, 0.3) is 0 Å². The van der Waals surface area contributed by atoms with E-state index in [1.54, 1.807) is 0 Å². The van der Waals surface area contributed by atoms with Crippen molar-refractivity contribution in [2.24, 2.45) is 16.7 Å². The first-order valence-corrected chi connectivity index (χ1v) is 4.79. The molecule has 0 unspecified atom stereocenters. The number of carbonyl (C=O) groups is 1. The van der Waals surface area contributed by atoms with Crippen LogP contribution in [0.2, 0.25) is 0 Å². The summed E-state index contributed by atoms with van der Waals surface area (Å²) >= 11 is 0. The van der Waals surface area contributed by atoms with Crippen LogP contribution >= 0.6 is 0 Å². The van der Waals surface area contributed by atoms with E-state index in [2.05, 4.69) is 34.6 Å². The van der Waals surface area contributed by atoms with Gasteiger partial charge in [-0.2, -0.15) is 0 Å². The summed E-state index contributed by atoms with van der Waals surface area (Å²) < 4.78 is 0. The van der Waals surface area contributed by atoms with Gasteiger partial charge in [0.15, 0.2) is 0 Å². The number of rotatable bonds is 0. The molecule has 1 aliphatic carbocycles. The lowest BCUT2D eigenvalue weighted by atomic mass is 9.67. The molecular weight excluding hydrogens is 148 g/mol. The predicted octanol–water partition coefficient (Wildman–Crippen LogP) is 3.04. The van der Waals surface area contributed by atoms with Crippen molar-refractivity contribution in [1.29, 1.82) is 0 Å². The van der Waals surface area contributed by atoms with Crippen molar-refractivity contribution in [2.75, 3.05) is 0 Å². The van der Waals surface area contributed by atoms with Gasteiger partial charge in [0.25, 0.3) is 0 Å². The highest BCUT2D eigenvalue weighted by atomic mass is 16.1. The Bertz CT molecular complexity index is 196. The van der Waals surface area contributed by atoms with Crippen molar-refractivity contribution in [3.63, 3.8) is 0 Å². The Morgan fingerprint density at radius 3 is 2.00 bits per heavy atom. The zero-order valence-electron chi connectivity index (χ0n) is 8.90. The molecule has 70 valence electrons. The molecule has 1 rings (SSSR count). The van der Waals surface area contributed by atoms with Crippen molar-refractivity contribution in [2.45, 2.75) is 47.5 Å². The van der Waals surface area contributed by atoms with E-state index in [9.17, 15) is 4.79 Å². The zero-order chi connectivity index (χ0) is 9.57. The third-order valence-electron chi connectivity index (χ3n) is 3.30. The molecule has 0 aliphatic heterocycles. The molecule has 1 saturated carbocycles. The first kappa shape index (κ1) is 9.76. The molecule has 0 radical (unpaired) electrons. The normalized spacial score (nSPS) is 29.4. The average molecular weight is 168 g/mol. The van der Waals surface area contributed by atoms with Crippen LogP contribution in [-0.2, 0) is 4.79 Å². The van der Waals surface area contributed by atoms with Gasteiger partial charge in [-0.3, -0.25) is 4.79 Å². The van der Waals surface area contributed by atoms with Crippen LogP contribution in [0, 0.1) is 16.7 Å². The lowest BCUT2D eigenvalue weighted by Crippen LogP contribution is -2.33. The standard InChI is InChI=1S/C11H20O/c1-10(2,3)8-6-7-9(12)11(8,4)5/h8H,6-7H2,1-5H3/t8-/m0/s1. The Labute approximate surface area is 75.5 Å². The minimum atomic E-state index is -0.0851. The average Bonchev–Trinajstić information content (AvgIpc) is 2.06. The molecule has 0 spiro atoms. The fourth-order valence-corrected chi connectivity index (χ4v) is 2.67. The van der Waals surface area contributed by atoms with Gasteiger partial charge in [0.1, 0.15) is 5.78 Å². The largest absolute Gasteiger partial charge is 0.299 e. The van der Waals surface area contributed by atoms with Gasteiger partial charge in [-0.15, -0.1) is 0 Å². The third-order valence-corrected chi connectivity index (χ3v) is 3.30. The van der Waals surface area contributed by atoms with Gasteiger partial charge in [-0.25, -0.2) is 0 Å². The lowest BCUT2D eigenvalue weighted by molar-refractivity contribution is -0.126. The van der Waals surface area contributed by atoms with Gasteiger partial charge in [0.05, 0.1) is 0 Å². The highest BCUT2D eigenvalue weighted by Gasteiger charge is 2.46. The van der Waals surface area contributed by atoms with Crippen molar-refractivity contribution < 1.29 is 4.79 Å². The van der Waals surface area contributed by atoms with Crippen LogP contribution in [0.3, 0.4) is 0 Å². The Balaban J connectivity index is 2.89. The molecule has 0 amide bonds. The van der Waals surface area contributed by atoms with Gasteiger partial charge in [-0.05, 0) is 17.8 Å². The molecule has 1 fully saturated rings. The summed E-state index contributed by atoms with van der Waals surface area (Å²) in [7, 11) is 0. The first-order valence-electron chi connectivity index (χ1n) is 4.79. The van der Waals surface area contributed by atoms with E-state index in [1.807, 2.05) is 0 Å². The fraction of sp³-hybridized carbons (Fsp3) is 0.909. The summed E-state index contributed by atoms with van der Waals surface area (Å²) in [6.07, 6.45) is 1.87. The SMILES string of the molecule is CC(C)(C)[C@@H]1CCC(=O)C1(C)C. The minimum Gasteiger partial charge on any atom is -0.299 e. The Hall–Kier alpha value is -0.330. The summed E-state index contributed by atoms with van der Waals surface area (Å²) in [5.41, 5.74) is 0.188. The fourth-order valence-electron chi connectivity index (χ4n) is 2.67. The molecule has 0 aromatic carbocycles. The summed E-state index contributed by atoms with van der Waals surface area (Å²) in [5, 5.41) is 0. The van der Waals surface area contributed by atoms with Crippen LogP contribution in [0.5, 0.6) is 0 Å². The second kappa shape index (κ2) is 2.58. The zero-order valence-corrected chi connectivity index (χ0v) is 8.90. The van der Waals surface area contributed by atoms with E-state index in [1.165, 1.54) is 0 Å². The molecule has 0 N–H and O–H groups in total. The number of ketones is 1. The maximum absolute atomic E-state index is 11.6. The van der Waals surface area contributed by atoms with Crippen LogP contribution in [-0.4, -0.2) is 5.78 Å². The van der Waals surface area contributed by atoms with E-state index in [-0.39, 0.29) is 10.8 Å². The topological polar surface area (TPSA) is 17.1 Å². The molecule has 0 aromatic heterocycles. The molecule has 0 aromatic rings. The maximum atomic E-state index is 11.6. The molecule has 1 nitrogen and oxygen atoms in total. The number of carbonyl (C=O) groups excluding carboxylic acids is 1. The van der Waals surface area contributed by atoms with Gasteiger partial charge >= 0.3 is 0 Å². The van der Waals surface area contributed by atoms with E-state index < -0.39 is 0 Å². The van der Waals surface area contributed by atoms with Gasteiger partial charge in [0.2, 0.25) is 0 Å². The quantitative estimate of drug-likeness (QED) is 0.543. The van der Waals surface area contributed by atoms with Crippen molar-refractivity contribution >= 4 is 5.78 Å². The Kier molecular flexibility index (Phi) is 2.10. The highest BCUT2D eigenvalue weighted by Crippen LogP contribution is 2.48. The summed E-state index contributed by atoms with van der Waals surface area (Å²) in [4.78, 5) is 11.6. The molecule has 1 aliphatic rings. The smallest absolute Gasteiger partial charge is 0.138 e. The molecule has 0 saturated heterocycles. The molecule has 1 atom stereocenters. The van der Waals surface area contributed by atoms with Crippen molar-refractivity contribution in [1.82, 2.24) is 0 Å². The Morgan fingerprint density at radius 2 is 1.83 bits per heavy atom. The molecule has 0 bridgehead atoms. The van der Waals surface area contributed by atoms with E-state index in [0.29, 0.717) is 11.7 Å². The van der Waals surface area contributed by atoms with Gasteiger partial charge < -0.3 is 0 Å². The van der Waals surface area contributed by atoms with Crippen LogP contribution in [0.4, 0.5) is 0 Å². The summed E-state index contributed by atoms with van der Waals surface area (Å²) in [6.45, 7) is 10.9. The van der Waals surface area contributed by atoms with E-state index >= 15 is 0 Å². The minimum absolute atomic E-state index is 0.0851. The maximum Gasteiger partial charge on any atom is 0.138 e. The molecular formula is C11H20O. The third kappa shape index (κ3) is 1.41. The number of Topliss-reactive ketones (excluding diaryl/α,β-unsaturated/α-hetero) is 1. The Morgan fingerprint density at radius 1 is 1.33 bits per heavy atom. The number of hydrogen-bond donors (Lipinski definition) is 0. The predicted molar refractivity (Wildman–Crippen MR) is 51.0 cm³/mol. The molecule has 0 heterocycles. The summed E-state index contributed by atoms with van der Waals surface area (Å²) in [6, 6.07) is 0. The lowest BCUT2D eigenvalue weighted by Gasteiger charge is -2.36. The van der Waals surface area contributed by atoms with Crippen LogP contribution in [0.1, 0.15) is 47.5 Å². The number of hydrogen-bond acceptors (Lipinski definition) is 1. The van der Waals surface area contributed by atoms with Crippen LogP contribution in [0.15, 0.2) is 0 Å². The second-order valence-corrected chi connectivity index (χ2v) is 5.60. The second-order valence-electron chi connectivity index (χ2n) is 5.60. The van der Waals surface area contributed by atoms with Crippen molar-refractivity contribution in [3.05, 3.63) is 0 Å². The van der Waals surface area contributed by atoms with Crippen LogP contribution < -0.4 is 0 Å². The van der Waals surface area contributed by atoms with E-state index in [4.69, 9.17) is 0 Å². The first-order chi connectivity index (χ1) is 5.26.